The fraction of sp³-hybridized carbons (Fsp3) is 0.364. The van der Waals surface area contributed by atoms with E-state index in [9.17, 15) is 9.59 Å². The van der Waals surface area contributed by atoms with E-state index in [0.29, 0.717) is 52.5 Å². The molecule has 1 aliphatic heterocycles. The van der Waals surface area contributed by atoms with Crippen LogP contribution in [0, 0.1) is 0 Å². The number of anilines is 1. The van der Waals surface area contributed by atoms with Gasteiger partial charge in [0.1, 0.15) is 22.5 Å². The fourth-order valence-electron chi connectivity index (χ4n) is 3.36. The molecule has 1 aliphatic rings. The number of nitrogens with one attached hydrogen (secondary N) is 2. The second-order valence-corrected chi connectivity index (χ2v) is 8.58. The third-order valence-corrected chi connectivity index (χ3v) is 5.78. The Morgan fingerprint density at radius 2 is 2.15 bits per heavy atom. The van der Waals surface area contributed by atoms with E-state index in [1.807, 2.05) is 6.92 Å². The van der Waals surface area contributed by atoms with Crippen LogP contribution in [-0.4, -0.2) is 52.9 Å². The van der Waals surface area contributed by atoms with Crippen molar-refractivity contribution in [1.82, 2.24) is 20.1 Å². The van der Waals surface area contributed by atoms with E-state index in [4.69, 9.17) is 14.2 Å². The Balaban J connectivity index is 1.60. The Kier molecular flexibility index (Phi) is 6.90. The van der Waals surface area contributed by atoms with E-state index in [2.05, 4.69) is 20.7 Å². The smallest absolute Gasteiger partial charge is 0.279 e. The van der Waals surface area contributed by atoms with Crippen molar-refractivity contribution in [2.45, 2.75) is 25.9 Å². The van der Waals surface area contributed by atoms with Gasteiger partial charge in [-0.15, -0.1) is 0 Å². The molecule has 11 heteroatoms. The zero-order valence-corrected chi connectivity index (χ0v) is 19.4. The Bertz CT molecular complexity index is 1160. The summed E-state index contributed by atoms with van der Waals surface area (Å²) >= 11 is 1.18. The van der Waals surface area contributed by atoms with E-state index in [-0.39, 0.29) is 17.9 Å². The lowest BCUT2D eigenvalue weighted by Crippen LogP contribution is -2.21. The van der Waals surface area contributed by atoms with Crippen LogP contribution in [0.15, 0.2) is 30.5 Å². The van der Waals surface area contributed by atoms with Crippen LogP contribution in [0.3, 0.4) is 0 Å². The number of benzene rings is 1. The number of methoxy groups -OCH3 is 1. The summed E-state index contributed by atoms with van der Waals surface area (Å²) in [4.78, 5) is 30.1. The molecule has 0 unspecified atom stereocenters. The van der Waals surface area contributed by atoms with Crippen molar-refractivity contribution in [3.8, 4) is 16.7 Å². The minimum Gasteiger partial charge on any atom is -0.488 e. The standard InChI is InChI=1S/C22H25N5O5S/c1-13(12-30-3)31-15-9-14(20(28)25-18-6-8-27(2)26-18)10-16(11-15)32-22-24-17-5-4-7-23-21(29)19(17)33-22/h6,8-11,13H,4-5,7,12H2,1-3H3,(H,23,29)(H,25,26,28)/t13-/m0/s1. The van der Waals surface area contributed by atoms with Gasteiger partial charge in [-0.2, -0.15) is 5.10 Å². The highest BCUT2D eigenvalue weighted by molar-refractivity contribution is 7.15. The molecular weight excluding hydrogens is 446 g/mol. The lowest BCUT2D eigenvalue weighted by molar-refractivity contribution is 0.0915. The van der Waals surface area contributed by atoms with Crippen molar-refractivity contribution in [2.24, 2.45) is 7.05 Å². The second-order valence-electron chi connectivity index (χ2n) is 7.62. The van der Waals surface area contributed by atoms with E-state index >= 15 is 0 Å². The number of amides is 2. The molecule has 0 saturated carbocycles. The molecule has 0 spiro atoms. The van der Waals surface area contributed by atoms with Crippen molar-refractivity contribution in [1.29, 1.82) is 0 Å². The van der Waals surface area contributed by atoms with Gasteiger partial charge in [0, 0.05) is 44.6 Å². The molecule has 1 atom stereocenters. The van der Waals surface area contributed by atoms with E-state index in [0.717, 1.165) is 12.1 Å². The van der Waals surface area contributed by atoms with Crippen LogP contribution < -0.4 is 20.1 Å². The second kappa shape index (κ2) is 10.0. The number of thiazole rings is 1. The third-order valence-electron chi connectivity index (χ3n) is 4.80. The van der Waals surface area contributed by atoms with Crippen LogP contribution in [0.1, 0.15) is 39.1 Å². The highest BCUT2D eigenvalue weighted by Crippen LogP contribution is 2.33. The summed E-state index contributed by atoms with van der Waals surface area (Å²) in [6, 6.07) is 6.60. The maximum Gasteiger partial charge on any atom is 0.279 e. The monoisotopic (exact) mass is 471 g/mol. The van der Waals surface area contributed by atoms with Crippen LogP contribution in [-0.2, 0) is 18.2 Å². The lowest BCUT2D eigenvalue weighted by atomic mass is 10.2. The Morgan fingerprint density at radius 1 is 1.33 bits per heavy atom. The zero-order valence-electron chi connectivity index (χ0n) is 18.6. The minimum atomic E-state index is -0.363. The predicted molar refractivity (Wildman–Crippen MR) is 122 cm³/mol. The molecule has 0 fully saturated rings. The minimum absolute atomic E-state index is 0.143. The summed E-state index contributed by atoms with van der Waals surface area (Å²) in [7, 11) is 3.36. The first-order chi connectivity index (χ1) is 15.9. The van der Waals surface area contributed by atoms with Crippen molar-refractivity contribution >= 4 is 29.0 Å². The molecule has 174 valence electrons. The van der Waals surface area contributed by atoms with Gasteiger partial charge in [0.2, 0.25) is 0 Å². The average molecular weight is 472 g/mol. The first-order valence-corrected chi connectivity index (χ1v) is 11.3. The molecule has 0 saturated heterocycles. The maximum atomic E-state index is 12.9. The maximum absolute atomic E-state index is 12.9. The first kappa shape index (κ1) is 22.7. The van der Waals surface area contributed by atoms with Gasteiger partial charge in [-0.05, 0) is 31.9 Å². The van der Waals surface area contributed by atoms with Crippen LogP contribution in [0.4, 0.5) is 5.82 Å². The summed E-state index contributed by atoms with van der Waals surface area (Å²) in [5, 5.41) is 10.1. The van der Waals surface area contributed by atoms with E-state index in [1.165, 1.54) is 11.3 Å². The van der Waals surface area contributed by atoms with Crippen LogP contribution in [0.2, 0.25) is 0 Å². The molecule has 33 heavy (non-hydrogen) atoms. The zero-order chi connectivity index (χ0) is 23.4. The number of nitrogens with zero attached hydrogens (tertiary/aromatic N) is 3. The van der Waals surface area contributed by atoms with Gasteiger partial charge in [-0.1, -0.05) is 11.3 Å². The van der Waals surface area contributed by atoms with Crippen LogP contribution in [0.5, 0.6) is 16.7 Å². The molecule has 10 nitrogen and oxygen atoms in total. The Hall–Kier alpha value is -3.44. The van der Waals surface area contributed by atoms with Gasteiger partial charge in [0.05, 0.1) is 12.3 Å². The molecule has 0 aliphatic carbocycles. The molecule has 0 bridgehead atoms. The van der Waals surface area contributed by atoms with Crippen molar-refractivity contribution in [3.63, 3.8) is 0 Å². The molecule has 0 radical (unpaired) electrons. The molecule has 2 amide bonds. The molecule has 3 heterocycles. The van der Waals surface area contributed by atoms with Crippen LogP contribution in [0.25, 0.3) is 0 Å². The van der Waals surface area contributed by atoms with Gasteiger partial charge >= 0.3 is 0 Å². The number of ether oxygens (including phenoxy) is 3. The first-order valence-electron chi connectivity index (χ1n) is 10.5. The van der Waals surface area contributed by atoms with Crippen molar-refractivity contribution in [3.05, 3.63) is 46.6 Å². The average Bonchev–Trinajstić information content (AvgIpc) is 3.32. The number of aryl methyl sites for hydroxylation is 2. The normalized spacial score (nSPS) is 14.1. The molecular formula is C22H25N5O5S. The largest absolute Gasteiger partial charge is 0.488 e. The van der Waals surface area contributed by atoms with E-state index in [1.54, 1.807) is 49.3 Å². The highest BCUT2D eigenvalue weighted by atomic mass is 32.1. The molecule has 2 N–H and O–H groups in total. The number of aromatic nitrogens is 3. The van der Waals surface area contributed by atoms with Gasteiger partial charge in [0.25, 0.3) is 17.0 Å². The van der Waals surface area contributed by atoms with Crippen LogP contribution >= 0.6 is 11.3 Å². The number of hydrogen-bond donors (Lipinski definition) is 2. The summed E-state index contributed by atoms with van der Waals surface area (Å²) < 4.78 is 18.6. The molecule has 3 aromatic rings. The number of hydrogen-bond acceptors (Lipinski definition) is 8. The number of rotatable bonds is 8. The van der Waals surface area contributed by atoms with Crippen molar-refractivity contribution < 1.29 is 23.8 Å². The third kappa shape index (κ3) is 5.68. The SMILES string of the molecule is COC[C@H](C)Oc1cc(Oc2nc3c(s2)C(=O)NCCC3)cc(C(=O)Nc2ccn(C)n2)c1. The van der Waals surface area contributed by atoms with E-state index < -0.39 is 0 Å². The topological polar surface area (TPSA) is 117 Å². The van der Waals surface area contributed by atoms with Gasteiger partial charge in [0.15, 0.2) is 5.82 Å². The van der Waals surface area contributed by atoms with Gasteiger partial charge in [-0.25, -0.2) is 4.98 Å². The Morgan fingerprint density at radius 3 is 2.91 bits per heavy atom. The fourth-order valence-corrected chi connectivity index (χ4v) is 4.26. The number of carbonyl (C=O) groups is 2. The predicted octanol–water partition coefficient (Wildman–Crippen LogP) is 3.01. The Labute approximate surface area is 194 Å². The quantitative estimate of drug-likeness (QED) is 0.519. The highest BCUT2D eigenvalue weighted by Gasteiger charge is 2.22. The summed E-state index contributed by atoms with van der Waals surface area (Å²) in [5.74, 6) is 0.735. The summed E-state index contributed by atoms with van der Waals surface area (Å²) in [6.07, 6.45) is 3.01. The molecule has 4 rings (SSSR count). The summed E-state index contributed by atoms with van der Waals surface area (Å²) in [5.41, 5.74) is 1.05. The number of fused-ring (bicyclic) bond motifs is 1. The molecule has 2 aromatic heterocycles. The van der Waals surface area contributed by atoms with Crippen molar-refractivity contribution in [2.75, 3.05) is 25.6 Å². The number of carbonyl (C=O) groups excluding carboxylic acids is 2. The van der Waals surface area contributed by atoms with Gasteiger partial charge in [-0.3, -0.25) is 14.3 Å². The summed E-state index contributed by atoms with van der Waals surface area (Å²) in [6.45, 7) is 2.88. The lowest BCUT2D eigenvalue weighted by Gasteiger charge is -2.15. The van der Waals surface area contributed by atoms with Gasteiger partial charge < -0.3 is 24.8 Å². The molecule has 1 aromatic carbocycles.